The summed E-state index contributed by atoms with van der Waals surface area (Å²) in [6.07, 6.45) is 1.50. The van der Waals surface area contributed by atoms with Crippen molar-refractivity contribution >= 4 is 39.5 Å². The number of benzene rings is 2. The quantitative estimate of drug-likeness (QED) is 0.594. The predicted octanol–water partition coefficient (Wildman–Crippen LogP) is 4.07. The minimum Gasteiger partial charge on any atom is -0.450 e. The van der Waals surface area contributed by atoms with E-state index in [4.69, 9.17) is 4.42 Å². The number of fused-ring (bicyclic) bond motifs is 3. The molecule has 2 aromatic carbocycles. The Morgan fingerprint density at radius 3 is 2.78 bits per heavy atom. The molecule has 0 atom stereocenters. The van der Waals surface area contributed by atoms with Gasteiger partial charge < -0.3 is 14.6 Å². The number of aromatic nitrogens is 2. The Kier molecular flexibility index (Phi) is 4.24. The van der Waals surface area contributed by atoms with Gasteiger partial charge >= 0.3 is 0 Å². The summed E-state index contributed by atoms with van der Waals surface area (Å²) >= 11 is 0. The molecule has 1 amide bonds. The summed E-state index contributed by atoms with van der Waals surface area (Å²) in [6, 6.07) is 13.6. The molecule has 6 heteroatoms. The highest BCUT2D eigenvalue weighted by Gasteiger charge is 2.18. The molecule has 6 nitrogen and oxygen atoms in total. The van der Waals surface area contributed by atoms with E-state index in [1.807, 2.05) is 63.4 Å². The van der Waals surface area contributed by atoms with Gasteiger partial charge in [-0.15, -0.1) is 0 Å². The molecular weight excluding hydrogens is 340 g/mol. The van der Waals surface area contributed by atoms with Crippen molar-refractivity contribution in [3.8, 4) is 0 Å². The number of aryl methyl sites for hydroxylation is 1. The van der Waals surface area contributed by atoms with Gasteiger partial charge in [0.2, 0.25) is 5.91 Å². The predicted molar refractivity (Wildman–Crippen MR) is 107 cm³/mol. The molecule has 0 unspecified atom stereocenters. The lowest BCUT2D eigenvalue weighted by Crippen LogP contribution is -2.31. The van der Waals surface area contributed by atoms with Crippen LogP contribution in [-0.4, -0.2) is 29.5 Å². The van der Waals surface area contributed by atoms with Crippen molar-refractivity contribution < 1.29 is 9.21 Å². The number of anilines is 2. The van der Waals surface area contributed by atoms with Crippen LogP contribution in [0.2, 0.25) is 0 Å². The molecule has 136 valence electrons. The maximum Gasteiger partial charge on any atom is 0.243 e. The molecule has 4 aromatic rings. The first kappa shape index (κ1) is 17.0. The highest BCUT2D eigenvalue weighted by molar-refractivity contribution is 6.06. The van der Waals surface area contributed by atoms with Crippen molar-refractivity contribution in [2.45, 2.75) is 13.8 Å². The number of rotatable bonds is 4. The SMILES string of the molecule is Cc1cccc(NC(=O)CN(C)c2ncnc3c2oc2ccccc23)c1C. The van der Waals surface area contributed by atoms with E-state index in [2.05, 4.69) is 15.3 Å². The average Bonchev–Trinajstić information content (AvgIpc) is 3.04. The Morgan fingerprint density at radius 1 is 1.11 bits per heavy atom. The van der Waals surface area contributed by atoms with Crippen molar-refractivity contribution in [1.82, 2.24) is 9.97 Å². The molecule has 2 aromatic heterocycles. The molecule has 0 radical (unpaired) electrons. The molecule has 0 saturated carbocycles. The number of para-hydroxylation sites is 1. The van der Waals surface area contributed by atoms with Gasteiger partial charge in [0.05, 0.1) is 6.54 Å². The molecule has 0 fully saturated rings. The van der Waals surface area contributed by atoms with Crippen molar-refractivity contribution in [2.24, 2.45) is 0 Å². The summed E-state index contributed by atoms with van der Waals surface area (Å²) in [5.41, 5.74) is 5.11. The molecule has 27 heavy (non-hydrogen) atoms. The second kappa shape index (κ2) is 6.72. The topological polar surface area (TPSA) is 71.3 Å². The number of hydrogen-bond acceptors (Lipinski definition) is 5. The summed E-state index contributed by atoms with van der Waals surface area (Å²) in [5, 5.41) is 3.91. The van der Waals surface area contributed by atoms with Crippen LogP contribution in [-0.2, 0) is 4.79 Å². The number of likely N-dealkylation sites (N-methyl/N-ethyl adjacent to an activating group) is 1. The number of carbonyl (C=O) groups excluding carboxylic acids is 1. The second-order valence-electron chi connectivity index (χ2n) is 6.62. The highest BCUT2D eigenvalue weighted by atomic mass is 16.3. The Labute approximate surface area is 156 Å². The maximum absolute atomic E-state index is 12.5. The third-order valence-corrected chi connectivity index (χ3v) is 4.76. The first-order valence-electron chi connectivity index (χ1n) is 8.74. The van der Waals surface area contributed by atoms with Gasteiger partial charge in [0, 0.05) is 18.1 Å². The van der Waals surface area contributed by atoms with E-state index in [9.17, 15) is 4.79 Å². The van der Waals surface area contributed by atoms with Crippen molar-refractivity contribution in [3.05, 3.63) is 59.9 Å². The van der Waals surface area contributed by atoms with Crippen LogP contribution >= 0.6 is 0 Å². The number of amides is 1. The first-order chi connectivity index (χ1) is 13.0. The zero-order chi connectivity index (χ0) is 19.0. The van der Waals surface area contributed by atoms with Gasteiger partial charge in [-0.3, -0.25) is 4.79 Å². The molecule has 4 rings (SSSR count). The molecule has 1 N–H and O–H groups in total. The second-order valence-corrected chi connectivity index (χ2v) is 6.62. The van der Waals surface area contributed by atoms with Gasteiger partial charge in [0.15, 0.2) is 11.4 Å². The van der Waals surface area contributed by atoms with Crippen LogP contribution in [0.15, 0.2) is 53.2 Å². The monoisotopic (exact) mass is 360 g/mol. The Bertz CT molecular complexity index is 1150. The Balaban J connectivity index is 1.60. The molecule has 0 saturated heterocycles. The van der Waals surface area contributed by atoms with E-state index in [1.54, 1.807) is 4.90 Å². The molecule has 0 aliphatic heterocycles. The van der Waals surface area contributed by atoms with Gasteiger partial charge in [0.25, 0.3) is 0 Å². The minimum atomic E-state index is -0.117. The van der Waals surface area contributed by atoms with Crippen molar-refractivity contribution in [3.63, 3.8) is 0 Å². The lowest BCUT2D eigenvalue weighted by molar-refractivity contribution is -0.114. The van der Waals surface area contributed by atoms with Gasteiger partial charge in [-0.2, -0.15) is 0 Å². The van der Waals surface area contributed by atoms with E-state index >= 15 is 0 Å². The van der Waals surface area contributed by atoms with Crippen molar-refractivity contribution in [1.29, 1.82) is 0 Å². The van der Waals surface area contributed by atoms with Crippen LogP contribution in [0.4, 0.5) is 11.5 Å². The molecule has 2 heterocycles. The fourth-order valence-electron chi connectivity index (χ4n) is 3.15. The fraction of sp³-hybridized carbons (Fsp3) is 0.190. The van der Waals surface area contributed by atoms with Crippen LogP contribution in [0.1, 0.15) is 11.1 Å². The van der Waals surface area contributed by atoms with E-state index < -0.39 is 0 Å². The van der Waals surface area contributed by atoms with Crippen LogP contribution < -0.4 is 10.2 Å². The minimum absolute atomic E-state index is 0.117. The third-order valence-electron chi connectivity index (χ3n) is 4.76. The summed E-state index contributed by atoms with van der Waals surface area (Å²) < 4.78 is 5.94. The van der Waals surface area contributed by atoms with E-state index in [-0.39, 0.29) is 12.5 Å². The van der Waals surface area contributed by atoms with Gasteiger partial charge in [0.1, 0.15) is 17.4 Å². The summed E-state index contributed by atoms with van der Waals surface area (Å²) in [4.78, 5) is 23.0. The largest absolute Gasteiger partial charge is 0.450 e. The van der Waals surface area contributed by atoms with Crippen LogP contribution in [0.3, 0.4) is 0 Å². The van der Waals surface area contributed by atoms with Crippen LogP contribution in [0.5, 0.6) is 0 Å². The van der Waals surface area contributed by atoms with Gasteiger partial charge in [-0.1, -0.05) is 24.3 Å². The van der Waals surface area contributed by atoms with Crippen molar-refractivity contribution in [2.75, 3.05) is 23.8 Å². The maximum atomic E-state index is 12.5. The number of hydrogen-bond donors (Lipinski definition) is 1. The first-order valence-corrected chi connectivity index (χ1v) is 8.74. The van der Waals surface area contributed by atoms with Crippen LogP contribution in [0.25, 0.3) is 22.1 Å². The molecular formula is C21H20N4O2. The van der Waals surface area contributed by atoms with E-state index in [0.717, 1.165) is 33.3 Å². The lowest BCUT2D eigenvalue weighted by Gasteiger charge is -2.18. The zero-order valence-electron chi connectivity index (χ0n) is 15.5. The summed E-state index contributed by atoms with van der Waals surface area (Å²) in [7, 11) is 1.82. The third kappa shape index (κ3) is 3.10. The smallest absolute Gasteiger partial charge is 0.243 e. The average molecular weight is 360 g/mol. The highest BCUT2D eigenvalue weighted by Crippen LogP contribution is 2.31. The molecule has 0 aliphatic carbocycles. The zero-order valence-corrected chi connectivity index (χ0v) is 15.5. The van der Waals surface area contributed by atoms with E-state index in [0.29, 0.717) is 11.4 Å². The number of furan rings is 1. The number of nitrogens with one attached hydrogen (secondary N) is 1. The standard InChI is InChI=1S/C21H20N4O2/c1-13-7-6-9-16(14(13)2)24-18(26)11-25(3)21-20-19(22-12-23-21)15-8-4-5-10-17(15)27-20/h4-10,12H,11H2,1-3H3,(H,24,26). The summed E-state index contributed by atoms with van der Waals surface area (Å²) in [6.45, 7) is 4.17. The fourth-order valence-corrected chi connectivity index (χ4v) is 3.15. The van der Waals surface area contributed by atoms with Gasteiger partial charge in [-0.25, -0.2) is 9.97 Å². The Morgan fingerprint density at radius 2 is 1.93 bits per heavy atom. The van der Waals surface area contributed by atoms with E-state index in [1.165, 1.54) is 6.33 Å². The molecule has 0 spiro atoms. The summed E-state index contributed by atoms with van der Waals surface area (Å²) in [5.74, 6) is 0.474. The lowest BCUT2D eigenvalue weighted by atomic mass is 10.1. The molecule has 0 aliphatic rings. The number of carbonyl (C=O) groups is 1. The normalized spacial score (nSPS) is 11.1. The number of nitrogens with zero attached hydrogens (tertiary/aromatic N) is 3. The molecule has 0 bridgehead atoms. The van der Waals surface area contributed by atoms with Gasteiger partial charge in [-0.05, 0) is 43.2 Å². The Hall–Kier alpha value is -3.41. The van der Waals surface area contributed by atoms with Crippen LogP contribution in [0, 0.1) is 13.8 Å².